The molecule has 78 valence electrons. The SMILES string of the molecule is CCOC(C)=O.Cc1ccc(N)cc1. The van der Waals surface area contributed by atoms with Crippen LogP contribution in [0.3, 0.4) is 0 Å². The predicted molar refractivity (Wildman–Crippen MR) is 57.9 cm³/mol. The topological polar surface area (TPSA) is 52.3 Å². The number of nitrogen functional groups attached to an aromatic ring is 1. The van der Waals surface area contributed by atoms with Crippen LogP contribution in [0.5, 0.6) is 0 Å². The van der Waals surface area contributed by atoms with Gasteiger partial charge >= 0.3 is 5.97 Å². The van der Waals surface area contributed by atoms with Crippen LogP contribution < -0.4 is 5.73 Å². The van der Waals surface area contributed by atoms with Crippen LogP contribution in [0.15, 0.2) is 24.3 Å². The van der Waals surface area contributed by atoms with Gasteiger partial charge in [-0.05, 0) is 26.0 Å². The molecule has 0 aliphatic heterocycles. The van der Waals surface area contributed by atoms with Gasteiger partial charge in [0.1, 0.15) is 0 Å². The average molecular weight is 195 g/mol. The Morgan fingerprint density at radius 1 is 1.36 bits per heavy atom. The molecule has 3 nitrogen and oxygen atoms in total. The van der Waals surface area contributed by atoms with Crippen LogP contribution in [-0.2, 0) is 9.53 Å². The van der Waals surface area contributed by atoms with E-state index in [1.807, 2.05) is 31.2 Å². The fourth-order valence-corrected chi connectivity index (χ4v) is 0.770. The highest BCUT2D eigenvalue weighted by Gasteiger charge is 1.81. The van der Waals surface area contributed by atoms with Crippen molar-refractivity contribution in [3.8, 4) is 0 Å². The first-order valence-electron chi connectivity index (χ1n) is 4.51. The van der Waals surface area contributed by atoms with Crippen LogP contribution in [-0.4, -0.2) is 12.6 Å². The molecule has 0 aliphatic rings. The van der Waals surface area contributed by atoms with Crippen LogP contribution in [0, 0.1) is 6.92 Å². The summed E-state index contributed by atoms with van der Waals surface area (Å²) in [5.74, 6) is -0.211. The number of benzene rings is 1. The van der Waals surface area contributed by atoms with Crippen LogP contribution in [0.2, 0.25) is 0 Å². The fourth-order valence-electron chi connectivity index (χ4n) is 0.770. The predicted octanol–water partition coefficient (Wildman–Crippen LogP) is 2.15. The minimum absolute atomic E-state index is 0.211. The summed E-state index contributed by atoms with van der Waals surface area (Å²) in [6.45, 7) is 5.69. The minimum atomic E-state index is -0.211. The molecule has 0 atom stereocenters. The maximum atomic E-state index is 9.82. The van der Waals surface area contributed by atoms with Crippen molar-refractivity contribution in [3.05, 3.63) is 29.8 Å². The first-order chi connectivity index (χ1) is 6.56. The highest BCUT2D eigenvalue weighted by atomic mass is 16.5. The molecule has 0 amide bonds. The summed E-state index contributed by atoms with van der Waals surface area (Å²) >= 11 is 0. The summed E-state index contributed by atoms with van der Waals surface area (Å²) in [5, 5.41) is 0. The lowest BCUT2D eigenvalue weighted by Crippen LogP contribution is -1.95. The second-order valence-corrected chi connectivity index (χ2v) is 2.84. The van der Waals surface area contributed by atoms with E-state index in [0.717, 1.165) is 5.69 Å². The van der Waals surface area contributed by atoms with Crippen molar-refractivity contribution in [2.24, 2.45) is 0 Å². The van der Waals surface area contributed by atoms with Crippen molar-refractivity contribution in [2.75, 3.05) is 12.3 Å². The number of aryl methyl sites for hydroxylation is 1. The summed E-state index contributed by atoms with van der Waals surface area (Å²) in [7, 11) is 0. The van der Waals surface area contributed by atoms with Gasteiger partial charge in [-0.1, -0.05) is 17.7 Å². The molecule has 0 saturated carbocycles. The lowest BCUT2D eigenvalue weighted by atomic mass is 10.2. The van der Waals surface area contributed by atoms with Crippen LogP contribution in [0.4, 0.5) is 5.69 Å². The van der Waals surface area contributed by atoms with Gasteiger partial charge < -0.3 is 10.5 Å². The van der Waals surface area contributed by atoms with Crippen molar-refractivity contribution in [1.82, 2.24) is 0 Å². The maximum Gasteiger partial charge on any atom is 0.302 e. The monoisotopic (exact) mass is 195 g/mol. The molecule has 0 aromatic heterocycles. The summed E-state index contributed by atoms with van der Waals surface area (Å²) < 4.78 is 4.40. The van der Waals surface area contributed by atoms with E-state index < -0.39 is 0 Å². The third kappa shape index (κ3) is 7.16. The van der Waals surface area contributed by atoms with E-state index >= 15 is 0 Å². The molecule has 0 fully saturated rings. The zero-order valence-corrected chi connectivity index (χ0v) is 8.91. The molecule has 0 bridgehead atoms. The largest absolute Gasteiger partial charge is 0.466 e. The smallest absolute Gasteiger partial charge is 0.302 e. The molecular formula is C11H17NO2. The van der Waals surface area contributed by atoms with Gasteiger partial charge in [-0.3, -0.25) is 4.79 Å². The molecule has 3 heteroatoms. The third-order valence-corrected chi connectivity index (χ3v) is 1.42. The van der Waals surface area contributed by atoms with E-state index in [0.29, 0.717) is 6.61 Å². The normalized spacial score (nSPS) is 8.50. The zero-order valence-electron chi connectivity index (χ0n) is 8.91. The van der Waals surface area contributed by atoms with Gasteiger partial charge in [-0.2, -0.15) is 0 Å². The zero-order chi connectivity index (χ0) is 11.0. The van der Waals surface area contributed by atoms with Gasteiger partial charge in [0.2, 0.25) is 0 Å². The summed E-state index contributed by atoms with van der Waals surface area (Å²) in [6, 6.07) is 7.79. The second kappa shape index (κ2) is 6.95. The van der Waals surface area contributed by atoms with Gasteiger partial charge in [0.15, 0.2) is 0 Å². The van der Waals surface area contributed by atoms with Crippen molar-refractivity contribution in [2.45, 2.75) is 20.8 Å². The summed E-state index contributed by atoms with van der Waals surface area (Å²) in [4.78, 5) is 9.82. The highest BCUT2D eigenvalue weighted by molar-refractivity contribution is 5.65. The lowest BCUT2D eigenvalue weighted by molar-refractivity contribution is -0.140. The Labute approximate surface area is 84.9 Å². The Bertz CT molecular complexity index is 246. The molecule has 2 N–H and O–H groups in total. The molecule has 1 aromatic rings. The fraction of sp³-hybridized carbons (Fsp3) is 0.364. The van der Waals surface area contributed by atoms with E-state index in [9.17, 15) is 4.79 Å². The number of rotatable bonds is 1. The number of nitrogens with two attached hydrogens (primary N) is 1. The average Bonchev–Trinajstić information content (AvgIpc) is 2.11. The Kier molecular flexibility index (Phi) is 6.20. The van der Waals surface area contributed by atoms with Gasteiger partial charge in [0.25, 0.3) is 0 Å². The number of carbonyl (C=O) groups excluding carboxylic acids is 1. The van der Waals surface area contributed by atoms with E-state index in [4.69, 9.17) is 5.73 Å². The molecule has 1 rings (SSSR count). The van der Waals surface area contributed by atoms with Crippen molar-refractivity contribution < 1.29 is 9.53 Å². The van der Waals surface area contributed by atoms with Crippen molar-refractivity contribution in [3.63, 3.8) is 0 Å². The lowest BCUT2D eigenvalue weighted by Gasteiger charge is -1.90. The standard InChI is InChI=1S/C7H9N.C4H8O2/c1-6-2-4-7(8)5-3-6;1-3-6-4(2)5/h2-5H,8H2,1H3;3H2,1-2H3. The van der Waals surface area contributed by atoms with Gasteiger partial charge in [-0.25, -0.2) is 0 Å². The van der Waals surface area contributed by atoms with Crippen LogP contribution in [0.1, 0.15) is 19.4 Å². The Balaban J connectivity index is 0.000000255. The van der Waals surface area contributed by atoms with E-state index in [1.54, 1.807) is 6.92 Å². The number of anilines is 1. The van der Waals surface area contributed by atoms with Gasteiger partial charge in [-0.15, -0.1) is 0 Å². The van der Waals surface area contributed by atoms with E-state index in [2.05, 4.69) is 4.74 Å². The molecule has 0 radical (unpaired) electrons. The second-order valence-electron chi connectivity index (χ2n) is 2.84. The third-order valence-electron chi connectivity index (χ3n) is 1.42. The van der Waals surface area contributed by atoms with Crippen LogP contribution >= 0.6 is 0 Å². The molecule has 0 heterocycles. The van der Waals surface area contributed by atoms with Gasteiger partial charge in [0.05, 0.1) is 6.61 Å². The molecule has 0 saturated heterocycles. The van der Waals surface area contributed by atoms with Gasteiger partial charge in [0, 0.05) is 12.6 Å². The summed E-state index contributed by atoms with van der Waals surface area (Å²) in [5.41, 5.74) is 7.51. The number of carbonyl (C=O) groups is 1. The number of esters is 1. The molecule has 0 unspecified atom stereocenters. The van der Waals surface area contributed by atoms with Crippen molar-refractivity contribution in [1.29, 1.82) is 0 Å². The molecule has 1 aromatic carbocycles. The first-order valence-corrected chi connectivity index (χ1v) is 4.51. The quantitative estimate of drug-likeness (QED) is 0.551. The minimum Gasteiger partial charge on any atom is -0.466 e. The number of hydrogen-bond acceptors (Lipinski definition) is 3. The first kappa shape index (κ1) is 12.5. The Morgan fingerprint density at radius 3 is 2.07 bits per heavy atom. The number of ether oxygens (including phenoxy) is 1. The van der Waals surface area contributed by atoms with Crippen LogP contribution in [0.25, 0.3) is 0 Å². The van der Waals surface area contributed by atoms with E-state index in [-0.39, 0.29) is 5.97 Å². The highest BCUT2D eigenvalue weighted by Crippen LogP contribution is 2.02. The Morgan fingerprint density at radius 2 is 1.86 bits per heavy atom. The molecule has 0 spiro atoms. The molecular weight excluding hydrogens is 178 g/mol. The van der Waals surface area contributed by atoms with Crippen molar-refractivity contribution >= 4 is 11.7 Å². The Hall–Kier alpha value is -1.51. The summed E-state index contributed by atoms with van der Waals surface area (Å²) in [6.07, 6.45) is 0. The van der Waals surface area contributed by atoms with E-state index in [1.165, 1.54) is 12.5 Å². The number of hydrogen-bond donors (Lipinski definition) is 1. The molecule has 0 aliphatic carbocycles. The maximum absolute atomic E-state index is 9.82. The molecule has 14 heavy (non-hydrogen) atoms.